The van der Waals surface area contributed by atoms with Gasteiger partial charge in [-0.2, -0.15) is 5.10 Å². The average molecular weight is 268 g/mol. The number of ether oxygens (including phenoxy) is 1. The molecule has 0 saturated carbocycles. The van der Waals surface area contributed by atoms with Crippen LogP contribution in [0.15, 0.2) is 6.20 Å². The summed E-state index contributed by atoms with van der Waals surface area (Å²) in [6.45, 7) is 4.27. The maximum Gasteiger partial charge on any atom is 0.332 e. The van der Waals surface area contributed by atoms with Crippen LogP contribution in [-0.4, -0.2) is 41.3 Å². The van der Waals surface area contributed by atoms with E-state index in [1.807, 2.05) is 6.92 Å². The number of hydrogen-bond acceptors (Lipinski definition) is 5. The van der Waals surface area contributed by atoms with E-state index in [1.54, 1.807) is 13.1 Å². The fourth-order valence-corrected chi connectivity index (χ4v) is 1.57. The molecule has 4 N–H and O–H groups in total. The third-order valence-corrected chi connectivity index (χ3v) is 2.68. The molecule has 106 valence electrons. The number of carbonyl (C=O) groups is 2. The molecule has 0 aromatic carbocycles. The summed E-state index contributed by atoms with van der Waals surface area (Å²) in [6.07, 6.45) is 3.32. The molecule has 1 amide bonds. The molecule has 1 unspecified atom stereocenters. The van der Waals surface area contributed by atoms with E-state index in [2.05, 4.69) is 20.3 Å². The summed E-state index contributed by atoms with van der Waals surface area (Å²) in [7, 11) is 0. The van der Waals surface area contributed by atoms with Gasteiger partial charge in [-0.05, 0) is 32.3 Å². The topological polar surface area (TPSA) is 110 Å². The Morgan fingerprint density at radius 1 is 1.58 bits per heavy atom. The van der Waals surface area contributed by atoms with Gasteiger partial charge in [0.15, 0.2) is 6.04 Å². The molecule has 1 rings (SSSR count). The minimum atomic E-state index is -1.25. The maximum absolute atomic E-state index is 11.5. The minimum absolute atomic E-state index is 0.208. The van der Waals surface area contributed by atoms with Gasteiger partial charge in [0.05, 0.1) is 12.8 Å². The first kappa shape index (κ1) is 15.2. The van der Waals surface area contributed by atoms with Gasteiger partial charge in [-0.25, -0.2) is 4.79 Å². The van der Waals surface area contributed by atoms with Crippen molar-refractivity contribution in [1.82, 2.24) is 15.5 Å². The largest absolute Gasteiger partial charge is 0.464 e. The molecule has 0 aliphatic carbocycles. The smallest absolute Gasteiger partial charge is 0.332 e. The number of hydrogen-bond donors (Lipinski definition) is 3. The van der Waals surface area contributed by atoms with Gasteiger partial charge in [0.2, 0.25) is 5.91 Å². The quantitative estimate of drug-likeness (QED) is 0.356. The molecular weight excluding hydrogens is 248 g/mol. The average Bonchev–Trinajstić information content (AvgIpc) is 2.79. The van der Waals surface area contributed by atoms with Gasteiger partial charge in [0.1, 0.15) is 0 Å². The summed E-state index contributed by atoms with van der Waals surface area (Å²) in [4.78, 5) is 22.8. The first-order valence-corrected chi connectivity index (χ1v) is 6.25. The van der Waals surface area contributed by atoms with Crippen molar-refractivity contribution in [3.8, 4) is 0 Å². The Kier molecular flexibility index (Phi) is 6.01. The Bertz CT molecular complexity index is 430. The lowest BCUT2D eigenvalue weighted by Gasteiger charge is -2.10. The molecule has 0 bridgehead atoms. The van der Waals surface area contributed by atoms with E-state index in [0.29, 0.717) is 6.54 Å². The van der Waals surface area contributed by atoms with Crippen LogP contribution in [0.2, 0.25) is 0 Å². The molecule has 1 atom stereocenters. The minimum Gasteiger partial charge on any atom is -0.464 e. The van der Waals surface area contributed by atoms with E-state index in [9.17, 15) is 9.59 Å². The molecule has 1 heterocycles. The van der Waals surface area contributed by atoms with E-state index < -0.39 is 17.9 Å². The number of nitrogens with two attached hydrogens (primary N) is 1. The zero-order chi connectivity index (χ0) is 14.3. The Morgan fingerprint density at radius 3 is 2.89 bits per heavy atom. The predicted molar refractivity (Wildman–Crippen MR) is 69.3 cm³/mol. The molecule has 7 nitrogen and oxygen atoms in total. The van der Waals surface area contributed by atoms with Crippen LogP contribution in [-0.2, 0) is 20.7 Å². The van der Waals surface area contributed by atoms with Crippen LogP contribution in [0.4, 0.5) is 0 Å². The van der Waals surface area contributed by atoms with E-state index in [-0.39, 0.29) is 6.61 Å². The highest BCUT2D eigenvalue weighted by Gasteiger charge is 2.22. The van der Waals surface area contributed by atoms with Crippen molar-refractivity contribution in [2.24, 2.45) is 5.73 Å². The van der Waals surface area contributed by atoms with Gasteiger partial charge >= 0.3 is 5.97 Å². The van der Waals surface area contributed by atoms with Gasteiger partial charge in [0, 0.05) is 12.2 Å². The second-order valence-corrected chi connectivity index (χ2v) is 4.14. The number of rotatable bonds is 7. The molecule has 1 aromatic rings. The Hall–Kier alpha value is -1.89. The lowest BCUT2D eigenvalue weighted by molar-refractivity contribution is -0.147. The van der Waals surface area contributed by atoms with E-state index in [1.165, 1.54) is 0 Å². The normalized spacial score (nSPS) is 11.9. The summed E-state index contributed by atoms with van der Waals surface area (Å²) >= 11 is 0. The fourth-order valence-electron chi connectivity index (χ4n) is 1.57. The highest BCUT2D eigenvalue weighted by atomic mass is 16.5. The Morgan fingerprint density at radius 2 is 2.32 bits per heavy atom. The van der Waals surface area contributed by atoms with Crippen molar-refractivity contribution in [1.29, 1.82) is 0 Å². The van der Waals surface area contributed by atoms with Crippen molar-refractivity contribution in [3.05, 3.63) is 17.5 Å². The number of nitrogens with zero attached hydrogens (tertiary/aromatic N) is 1. The fraction of sp³-hybridized carbons (Fsp3) is 0.583. The molecule has 0 aliphatic rings. The summed E-state index contributed by atoms with van der Waals surface area (Å²) in [6, 6.07) is -1.25. The van der Waals surface area contributed by atoms with Crippen LogP contribution < -0.4 is 11.1 Å². The van der Waals surface area contributed by atoms with Crippen molar-refractivity contribution in [2.75, 3.05) is 13.2 Å². The van der Waals surface area contributed by atoms with Crippen LogP contribution in [0, 0.1) is 6.92 Å². The highest BCUT2D eigenvalue weighted by molar-refractivity contribution is 6.01. The summed E-state index contributed by atoms with van der Waals surface area (Å²) in [5.41, 5.74) is 7.58. The van der Waals surface area contributed by atoms with Gasteiger partial charge in [0.25, 0.3) is 0 Å². The van der Waals surface area contributed by atoms with Crippen molar-refractivity contribution >= 4 is 11.9 Å². The van der Waals surface area contributed by atoms with Crippen LogP contribution >= 0.6 is 0 Å². The number of amides is 1. The van der Waals surface area contributed by atoms with Crippen molar-refractivity contribution in [2.45, 2.75) is 32.7 Å². The maximum atomic E-state index is 11.5. The SMILES string of the molecule is CCOC(=O)C(N)C(=O)NCCCc1cn[nH]c1C. The molecular formula is C12H20N4O3. The van der Waals surface area contributed by atoms with Crippen molar-refractivity contribution in [3.63, 3.8) is 0 Å². The number of H-pyrrole nitrogens is 1. The number of nitrogens with one attached hydrogen (secondary N) is 2. The number of esters is 1. The van der Waals surface area contributed by atoms with E-state index in [4.69, 9.17) is 5.73 Å². The zero-order valence-electron chi connectivity index (χ0n) is 11.2. The summed E-state index contributed by atoms with van der Waals surface area (Å²) < 4.78 is 4.67. The number of aromatic amines is 1. The molecule has 0 aliphatic heterocycles. The molecule has 0 saturated heterocycles. The zero-order valence-corrected chi connectivity index (χ0v) is 11.2. The molecule has 0 spiro atoms. The Balaban J connectivity index is 2.24. The first-order valence-electron chi connectivity index (χ1n) is 6.25. The van der Waals surface area contributed by atoms with E-state index in [0.717, 1.165) is 24.1 Å². The standard InChI is InChI=1S/C12H20N4O3/c1-3-19-12(18)10(13)11(17)14-6-4-5-9-7-15-16-8(9)2/h7,10H,3-6,13H2,1-2H3,(H,14,17)(H,15,16). The third-order valence-electron chi connectivity index (χ3n) is 2.68. The van der Waals surface area contributed by atoms with Crippen LogP contribution in [0.1, 0.15) is 24.6 Å². The summed E-state index contributed by atoms with van der Waals surface area (Å²) in [5.74, 6) is -1.21. The molecule has 7 heteroatoms. The Labute approximate surface area is 111 Å². The molecule has 1 aromatic heterocycles. The van der Waals surface area contributed by atoms with Gasteiger partial charge in [-0.1, -0.05) is 0 Å². The van der Waals surface area contributed by atoms with Crippen LogP contribution in [0.3, 0.4) is 0 Å². The second-order valence-electron chi connectivity index (χ2n) is 4.14. The van der Waals surface area contributed by atoms with Crippen LogP contribution in [0.5, 0.6) is 0 Å². The van der Waals surface area contributed by atoms with Crippen molar-refractivity contribution < 1.29 is 14.3 Å². The lowest BCUT2D eigenvalue weighted by atomic mass is 10.1. The predicted octanol–water partition coefficient (Wildman–Crippen LogP) is -0.343. The van der Waals surface area contributed by atoms with Gasteiger partial charge < -0.3 is 15.8 Å². The molecule has 0 radical (unpaired) electrons. The molecule has 19 heavy (non-hydrogen) atoms. The number of aromatic nitrogens is 2. The highest BCUT2D eigenvalue weighted by Crippen LogP contribution is 2.04. The molecule has 0 fully saturated rings. The first-order chi connectivity index (χ1) is 9.06. The number of aryl methyl sites for hydroxylation is 2. The van der Waals surface area contributed by atoms with Gasteiger partial charge in [-0.15, -0.1) is 0 Å². The third kappa shape index (κ3) is 4.70. The second kappa shape index (κ2) is 7.52. The lowest BCUT2D eigenvalue weighted by Crippen LogP contribution is -2.47. The van der Waals surface area contributed by atoms with Gasteiger partial charge in [-0.3, -0.25) is 9.89 Å². The monoisotopic (exact) mass is 268 g/mol. The van der Waals surface area contributed by atoms with Crippen LogP contribution in [0.25, 0.3) is 0 Å². The summed E-state index contributed by atoms with van der Waals surface area (Å²) in [5, 5.41) is 9.37. The van der Waals surface area contributed by atoms with E-state index >= 15 is 0 Å². The number of carbonyl (C=O) groups excluding carboxylic acids is 2.